The molecule has 3 rings (SSSR count). The second kappa shape index (κ2) is 17.6. The van der Waals surface area contributed by atoms with Gasteiger partial charge in [-0.1, -0.05) is 51.0 Å². The SMILES string of the molecule is CCCCN(CCS(=O)(=O)O)c1ccc(C(=C2C=CC(=[N+](CCCC)CCS(=O)(=O)O)C=C2)c2ccc(N(CC)CC)cc2)cc1. The Hall–Kier alpha value is -3.25. The zero-order valence-electron chi connectivity index (χ0n) is 27.6. The second-order valence-corrected chi connectivity index (χ2v) is 14.6. The zero-order valence-corrected chi connectivity index (χ0v) is 29.2. The molecule has 2 aromatic carbocycles. The number of hydrogen-bond acceptors (Lipinski definition) is 6. The van der Waals surface area contributed by atoms with Crippen molar-refractivity contribution in [3.05, 3.63) is 89.5 Å². The molecular formula is C35H50N3O6S2+. The number of benzene rings is 2. The zero-order chi connectivity index (χ0) is 33.7. The highest BCUT2D eigenvalue weighted by molar-refractivity contribution is 7.86. The molecule has 0 unspecified atom stereocenters. The van der Waals surface area contributed by atoms with Crippen LogP contribution in [0.3, 0.4) is 0 Å². The lowest BCUT2D eigenvalue weighted by Crippen LogP contribution is -2.30. The maximum atomic E-state index is 11.5. The van der Waals surface area contributed by atoms with E-state index in [9.17, 15) is 25.9 Å². The minimum atomic E-state index is -4.08. The predicted octanol–water partition coefficient (Wildman–Crippen LogP) is 6.10. The Morgan fingerprint density at radius 3 is 1.59 bits per heavy atom. The summed E-state index contributed by atoms with van der Waals surface area (Å²) in [5.74, 6) is -0.666. The van der Waals surface area contributed by atoms with Gasteiger partial charge in [-0.3, -0.25) is 9.11 Å². The molecule has 0 amide bonds. The van der Waals surface area contributed by atoms with Gasteiger partial charge in [0.05, 0.1) is 5.75 Å². The van der Waals surface area contributed by atoms with Gasteiger partial charge in [-0.2, -0.15) is 16.8 Å². The van der Waals surface area contributed by atoms with Crippen molar-refractivity contribution in [3.8, 4) is 0 Å². The molecule has 0 spiro atoms. The molecule has 46 heavy (non-hydrogen) atoms. The molecule has 11 heteroatoms. The van der Waals surface area contributed by atoms with Gasteiger partial charge in [0.15, 0.2) is 12.3 Å². The third-order valence-corrected chi connectivity index (χ3v) is 9.53. The Balaban J connectivity index is 2.07. The smallest absolute Gasteiger partial charge is 0.271 e. The van der Waals surface area contributed by atoms with Gasteiger partial charge in [-0.05, 0) is 79.0 Å². The molecule has 0 atom stereocenters. The molecule has 9 nitrogen and oxygen atoms in total. The average molecular weight is 673 g/mol. The van der Waals surface area contributed by atoms with E-state index in [4.69, 9.17) is 0 Å². The van der Waals surface area contributed by atoms with E-state index in [0.717, 1.165) is 78.1 Å². The highest BCUT2D eigenvalue weighted by Crippen LogP contribution is 2.32. The Kier molecular flexibility index (Phi) is 14.2. The molecule has 0 fully saturated rings. The summed E-state index contributed by atoms with van der Waals surface area (Å²) in [6, 6.07) is 16.6. The van der Waals surface area contributed by atoms with Crippen LogP contribution in [0.1, 0.15) is 64.5 Å². The van der Waals surface area contributed by atoms with Crippen molar-refractivity contribution in [1.29, 1.82) is 0 Å². The number of nitrogens with zero attached hydrogens (tertiary/aromatic N) is 3. The monoisotopic (exact) mass is 672 g/mol. The van der Waals surface area contributed by atoms with E-state index >= 15 is 0 Å². The summed E-state index contributed by atoms with van der Waals surface area (Å²) in [6.07, 6.45) is 11.8. The number of allylic oxidation sites excluding steroid dienone is 5. The fraction of sp³-hybridized carbons (Fsp3) is 0.457. The maximum absolute atomic E-state index is 11.5. The molecule has 2 N–H and O–H groups in total. The summed E-state index contributed by atoms with van der Waals surface area (Å²) in [7, 11) is -8.16. The fourth-order valence-electron chi connectivity index (χ4n) is 5.49. The summed E-state index contributed by atoms with van der Waals surface area (Å²) in [5.41, 5.74) is 6.98. The molecule has 0 aliphatic heterocycles. The van der Waals surface area contributed by atoms with Crippen LogP contribution in [0.5, 0.6) is 0 Å². The van der Waals surface area contributed by atoms with Crippen molar-refractivity contribution in [2.45, 2.75) is 53.4 Å². The standard InChI is InChI=1S/C35H49N3O6S2/c1-5-9-23-37(25-27-45(39,40)41)33-19-13-30(14-20-33)35(29-11-17-32(18-12-29)36(7-3)8-4)31-15-21-34(22-16-31)38(24-10-6-2)26-28-46(42,43)44/h11-22H,5-10,23-28H2,1-4H3,(H-,39,40,41,42,43,44)/p+1. The van der Waals surface area contributed by atoms with E-state index in [1.54, 1.807) is 0 Å². The van der Waals surface area contributed by atoms with Crippen LogP contribution in [0.15, 0.2) is 78.4 Å². The molecule has 1 aliphatic carbocycles. The quantitative estimate of drug-likeness (QED) is 0.144. The summed E-state index contributed by atoms with van der Waals surface area (Å²) < 4.78 is 66.6. The Bertz CT molecular complexity index is 1600. The van der Waals surface area contributed by atoms with Gasteiger partial charge in [-0.25, -0.2) is 4.58 Å². The third-order valence-electron chi connectivity index (χ3n) is 8.13. The van der Waals surface area contributed by atoms with Crippen LogP contribution >= 0.6 is 0 Å². The first kappa shape index (κ1) is 37.2. The van der Waals surface area contributed by atoms with Crippen LogP contribution in [0.2, 0.25) is 0 Å². The molecule has 1 aliphatic rings. The number of unbranched alkanes of at least 4 members (excludes halogenated alkanes) is 2. The van der Waals surface area contributed by atoms with E-state index in [0.29, 0.717) is 13.1 Å². The molecule has 2 aromatic rings. The van der Waals surface area contributed by atoms with Crippen molar-refractivity contribution in [3.63, 3.8) is 0 Å². The van der Waals surface area contributed by atoms with Crippen LogP contribution in [-0.2, 0) is 20.2 Å². The first-order valence-electron chi connectivity index (χ1n) is 16.2. The molecule has 0 bridgehead atoms. The lowest BCUT2D eigenvalue weighted by molar-refractivity contribution is -0.522. The van der Waals surface area contributed by atoms with Crippen molar-refractivity contribution in [2.24, 2.45) is 0 Å². The van der Waals surface area contributed by atoms with E-state index in [-0.39, 0.29) is 24.6 Å². The fourth-order valence-corrected chi connectivity index (χ4v) is 6.40. The Morgan fingerprint density at radius 2 is 1.13 bits per heavy atom. The van der Waals surface area contributed by atoms with Gasteiger partial charge >= 0.3 is 0 Å². The van der Waals surface area contributed by atoms with Crippen LogP contribution in [0.4, 0.5) is 11.4 Å². The van der Waals surface area contributed by atoms with Gasteiger partial charge in [0.1, 0.15) is 12.3 Å². The predicted molar refractivity (Wildman–Crippen MR) is 191 cm³/mol. The van der Waals surface area contributed by atoms with Crippen LogP contribution in [0, 0.1) is 0 Å². The average Bonchev–Trinajstić information content (AvgIpc) is 3.02. The van der Waals surface area contributed by atoms with Crippen LogP contribution in [0.25, 0.3) is 5.57 Å². The van der Waals surface area contributed by atoms with Gasteiger partial charge in [0.2, 0.25) is 0 Å². The maximum Gasteiger partial charge on any atom is 0.271 e. The van der Waals surface area contributed by atoms with Gasteiger partial charge in [0, 0.05) is 56.1 Å². The first-order valence-corrected chi connectivity index (χ1v) is 19.4. The normalized spacial score (nSPS) is 13.3. The molecular weight excluding hydrogens is 623 g/mol. The van der Waals surface area contributed by atoms with Crippen molar-refractivity contribution >= 4 is 42.9 Å². The van der Waals surface area contributed by atoms with E-state index in [2.05, 4.69) is 56.9 Å². The van der Waals surface area contributed by atoms with E-state index in [1.165, 1.54) is 0 Å². The van der Waals surface area contributed by atoms with Gasteiger partial charge < -0.3 is 9.80 Å². The number of rotatable bonds is 18. The molecule has 0 heterocycles. The molecule has 0 saturated carbocycles. The van der Waals surface area contributed by atoms with Crippen LogP contribution < -0.4 is 9.80 Å². The minimum Gasteiger partial charge on any atom is -0.372 e. The van der Waals surface area contributed by atoms with Crippen molar-refractivity contribution < 1.29 is 30.5 Å². The van der Waals surface area contributed by atoms with E-state index < -0.39 is 20.2 Å². The Morgan fingerprint density at radius 1 is 0.630 bits per heavy atom. The van der Waals surface area contributed by atoms with Crippen LogP contribution in [-0.4, -0.2) is 87.0 Å². The minimum absolute atomic E-state index is 0.204. The topological polar surface area (TPSA) is 118 Å². The van der Waals surface area contributed by atoms with Gasteiger partial charge in [-0.15, -0.1) is 0 Å². The summed E-state index contributed by atoms with van der Waals surface area (Å²) >= 11 is 0. The summed E-state index contributed by atoms with van der Waals surface area (Å²) in [6.45, 7) is 12.0. The highest BCUT2D eigenvalue weighted by Gasteiger charge is 2.19. The largest absolute Gasteiger partial charge is 0.372 e. The Labute approximate surface area is 276 Å². The summed E-state index contributed by atoms with van der Waals surface area (Å²) in [4.78, 5) is 4.29. The lowest BCUT2D eigenvalue weighted by atomic mass is 9.90. The molecule has 0 radical (unpaired) electrons. The van der Waals surface area contributed by atoms with Gasteiger partial charge in [0.25, 0.3) is 20.2 Å². The first-order chi connectivity index (χ1) is 21.9. The van der Waals surface area contributed by atoms with Crippen molar-refractivity contribution in [1.82, 2.24) is 0 Å². The second-order valence-electron chi connectivity index (χ2n) is 11.4. The number of hydrogen-bond donors (Lipinski definition) is 2. The lowest BCUT2D eigenvalue weighted by Gasteiger charge is -2.25. The number of anilines is 2. The summed E-state index contributed by atoms with van der Waals surface area (Å²) in [5, 5.41) is 0. The third kappa shape index (κ3) is 11.5. The molecule has 252 valence electrons. The molecule has 0 aromatic heterocycles. The highest BCUT2D eigenvalue weighted by atomic mass is 32.2. The van der Waals surface area contributed by atoms with E-state index in [1.807, 2.05) is 58.0 Å². The molecule has 0 saturated heterocycles. The van der Waals surface area contributed by atoms with Crippen molar-refractivity contribution in [2.75, 3.05) is 60.6 Å².